The lowest BCUT2D eigenvalue weighted by Crippen LogP contribution is -2.37. The van der Waals surface area contributed by atoms with E-state index in [1.807, 2.05) is 0 Å². The maximum absolute atomic E-state index is 12.5. The number of nitrogens with zero attached hydrogens (tertiary/aromatic N) is 4. The summed E-state index contributed by atoms with van der Waals surface area (Å²) < 4.78 is 10.8. The average Bonchev–Trinajstić information content (AvgIpc) is 2.78. The molecule has 1 heterocycles. The average molecular weight is 471 g/mol. The minimum Gasteiger partial charge on any atom is -0.456 e. The molecule has 0 fully saturated rings. The number of amides is 2. The molecule has 182 valence electrons. The molecule has 11 nitrogen and oxygen atoms in total. The van der Waals surface area contributed by atoms with E-state index in [0.29, 0.717) is 36.6 Å². The molecule has 0 unspecified atom stereocenters. The maximum atomic E-state index is 12.5. The highest BCUT2D eigenvalue weighted by Crippen LogP contribution is 2.22. The maximum Gasteiger partial charge on any atom is 0.407 e. The number of anilines is 1. The predicted octanol–water partition coefficient (Wildman–Crippen LogP) is 4.55. The molecular weight excluding hydrogens is 440 g/mol. The van der Waals surface area contributed by atoms with Crippen molar-refractivity contribution in [2.24, 2.45) is 5.11 Å². The van der Waals surface area contributed by atoms with E-state index in [4.69, 9.17) is 15.0 Å². The third-order valence-electron chi connectivity index (χ3n) is 4.42. The number of carbonyl (C=O) groups is 2. The van der Waals surface area contributed by atoms with Crippen molar-refractivity contribution in [2.75, 3.05) is 11.9 Å². The molecule has 1 aromatic carbocycles. The van der Waals surface area contributed by atoms with Crippen LogP contribution in [0.4, 0.5) is 10.5 Å². The van der Waals surface area contributed by atoms with Crippen molar-refractivity contribution >= 4 is 17.7 Å². The summed E-state index contributed by atoms with van der Waals surface area (Å²) in [6, 6.07) is 9.16. The van der Waals surface area contributed by atoms with Gasteiger partial charge in [0.25, 0.3) is 5.91 Å². The Morgan fingerprint density at radius 3 is 2.53 bits per heavy atom. The first-order valence-electron chi connectivity index (χ1n) is 10.9. The predicted molar refractivity (Wildman–Crippen MR) is 126 cm³/mol. The largest absolute Gasteiger partial charge is 0.456 e. The van der Waals surface area contributed by atoms with Gasteiger partial charge in [0.15, 0.2) is 0 Å². The summed E-state index contributed by atoms with van der Waals surface area (Å²) in [5.41, 5.74) is 8.68. The zero-order valence-corrected chi connectivity index (χ0v) is 19.5. The van der Waals surface area contributed by atoms with Crippen LogP contribution in [-0.4, -0.2) is 46.4 Å². The molecule has 34 heavy (non-hydrogen) atoms. The number of benzene rings is 1. The highest BCUT2D eigenvalue weighted by atomic mass is 16.6. The smallest absolute Gasteiger partial charge is 0.407 e. The van der Waals surface area contributed by atoms with Gasteiger partial charge in [-0.2, -0.15) is 0 Å². The van der Waals surface area contributed by atoms with Gasteiger partial charge >= 0.3 is 6.09 Å². The van der Waals surface area contributed by atoms with Gasteiger partial charge in [0.2, 0.25) is 0 Å². The van der Waals surface area contributed by atoms with Crippen LogP contribution in [-0.2, 0) is 9.53 Å². The molecule has 2 rings (SSSR count). The van der Waals surface area contributed by atoms with Crippen molar-refractivity contribution in [1.82, 2.24) is 10.3 Å². The monoisotopic (exact) mass is 470 g/mol. The van der Waals surface area contributed by atoms with Crippen LogP contribution in [0.15, 0.2) is 53.9 Å². The number of hydrogen-bond acceptors (Lipinski definition) is 7. The lowest BCUT2D eigenvalue weighted by Gasteiger charge is -2.20. The molecule has 0 aliphatic heterocycles. The van der Waals surface area contributed by atoms with Crippen LogP contribution in [0.2, 0.25) is 0 Å². The Bertz CT molecular complexity index is 972. The third-order valence-corrected chi connectivity index (χ3v) is 4.42. The van der Waals surface area contributed by atoms with Gasteiger partial charge in [-0.05, 0) is 75.5 Å². The summed E-state index contributed by atoms with van der Waals surface area (Å²) in [4.78, 5) is 30.8. The van der Waals surface area contributed by atoms with Crippen LogP contribution in [0.3, 0.4) is 0 Å². The Labute approximate surface area is 198 Å². The summed E-state index contributed by atoms with van der Waals surface area (Å²) in [6.07, 6.45) is 2.52. The molecule has 2 atom stereocenters. The minimum absolute atomic E-state index is 0.270. The number of nitrogens with one attached hydrogen (secondary N) is 2. The van der Waals surface area contributed by atoms with E-state index in [9.17, 15) is 14.7 Å². The second-order valence-corrected chi connectivity index (χ2v) is 8.45. The number of carbonyl (C=O) groups excluding carboxylic acids is 2. The Balaban J connectivity index is 1.80. The number of unbranched alkanes of at least 4 members (excludes halogenated alkanes) is 1. The quantitative estimate of drug-likeness (QED) is 0.189. The number of aromatic nitrogens is 1. The standard InChI is InChI=1S/C23H30N6O5/c1-23(2,3)34-22(32)26-14-5-4-8-19(28-29-24)20(30)21(31)27-16-9-11-17(12-10-16)33-18-7-6-13-25-15-18/h6-7,9-13,15,19-20,30H,4-5,8,14H2,1-3H3,(H,26,32)(H,27,31)/t19-,20-/m0/s1. The van der Waals surface area contributed by atoms with Gasteiger partial charge in [0.05, 0.1) is 12.2 Å². The first-order valence-corrected chi connectivity index (χ1v) is 10.9. The highest BCUT2D eigenvalue weighted by molar-refractivity contribution is 5.94. The molecule has 3 N–H and O–H groups in total. The van der Waals surface area contributed by atoms with E-state index in [1.54, 1.807) is 69.6 Å². The van der Waals surface area contributed by atoms with Gasteiger partial charge in [-0.1, -0.05) is 11.5 Å². The molecule has 2 aromatic rings. The highest BCUT2D eigenvalue weighted by Gasteiger charge is 2.25. The van der Waals surface area contributed by atoms with Crippen molar-refractivity contribution < 1.29 is 24.2 Å². The molecular formula is C23H30N6O5. The van der Waals surface area contributed by atoms with E-state index in [1.165, 1.54) is 0 Å². The SMILES string of the molecule is CC(C)(C)OC(=O)NCCCC[C@H](N=[N+]=[N-])[C@H](O)C(=O)Nc1ccc(Oc2cccnc2)cc1. The van der Waals surface area contributed by atoms with Gasteiger partial charge < -0.3 is 25.2 Å². The fourth-order valence-corrected chi connectivity index (χ4v) is 2.87. The molecule has 0 saturated carbocycles. The summed E-state index contributed by atoms with van der Waals surface area (Å²) >= 11 is 0. The zero-order chi connectivity index (χ0) is 25.0. The van der Waals surface area contributed by atoms with E-state index >= 15 is 0 Å². The molecule has 1 aromatic heterocycles. The van der Waals surface area contributed by atoms with E-state index in [0.717, 1.165) is 0 Å². The molecule has 0 saturated heterocycles. The lowest BCUT2D eigenvalue weighted by molar-refractivity contribution is -0.125. The fraction of sp³-hybridized carbons (Fsp3) is 0.435. The third kappa shape index (κ3) is 9.76. The van der Waals surface area contributed by atoms with Crippen molar-refractivity contribution in [1.29, 1.82) is 0 Å². The fourth-order valence-electron chi connectivity index (χ4n) is 2.87. The molecule has 0 spiro atoms. The Kier molecular flexibility index (Phi) is 10.1. The zero-order valence-electron chi connectivity index (χ0n) is 19.5. The van der Waals surface area contributed by atoms with Crippen molar-refractivity contribution in [3.05, 3.63) is 59.2 Å². The van der Waals surface area contributed by atoms with Crippen LogP contribution in [0.25, 0.3) is 10.4 Å². The summed E-state index contributed by atoms with van der Waals surface area (Å²) in [7, 11) is 0. The Morgan fingerprint density at radius 2 is 1.91 bits per heavy atom. The molecule has 0 aliphatic rings. The van der Waals surface area contributed by atoms with Crippen molar-refractivity contribution in [3.8, 4) is 11.5 Å². The summed E-state index contributed by atoms with van der Waals surface area (Å²) in [5.74, 6) is 0.442. The topological polar surface area (TPSA) is 159 Å². The number of hydrogen-bond donors (Lipinski definition) is 3. The van der Waals surface area contributed by atoms with Crippen LogP contribution in [0.1, 0.15) is 40.0 Å². The van der Waals surface area contributed by atoms with Gasteiger partial charge in [-0.15, -0.1) is 0 Å². The Morgan fingerprint density at radius 1 is 1.18 bits per heavy atom. The van der Waals surface area contributed by atoms with Gasteiger partial charge in [-0.3, -0.25) is 9.78 Å². The number of aliphatic hydroxyl groups excluding tert-OH is 1. The van der Waals surface area contributed by atoms with Crippen LogP contribution >= 0.6 is 0 Å². The number of aliphatic hydroxyl groups is 1. The molecule has 0 radical (unpaired) electrons. The minimum atomic E-state index is -1.53. The number of ether oxygens (including phenoxy) is 2. The number of rotatable bonds is 11. The number of pyridine rings is 1. The van der Waals surface area contributed by atoms with Crippen molar-refractivity contribution in [3.63, 3.8) is 0 Å². The van der Waals surface area contributed by atoms with Gasteiger partial charge in [0.1, 0.15) is 23.2 Å². The van der Waals surface area contributed by atoms with Crippen LogP contribution < -0.4 is 15.4 Å². The first kappa shape index (κ1) is 26.4. The molecule has 0 aliphatic carbocycles. The molecule has 2 amide bonds. The normalized spacial score (nSPS) is 12.6. The van der Waals surface area contributed by atoms with Gasteiger partial charge in [0, 0.05) is 23.3 Å². The van der Waals surface area contributed by atoms with E-state index in [2.05, 4.69) is 25.6 Å². The number of azide groups is 1. The van der Waals surface area contributed by atoms with Crippen LogP contribution in [0, 0.1) is 0 Å². The van der Waals surface area contributed by atoms with Crippen molar-refractivity contribution in [2.45, 2.75) is 57.8 Å². The molecule has 11 heteroatoms. The number of alkyl carbamates (subject to hydrolysis) is 1. The first-order chi connectivity index (χ1) is 16.2. The second-order valence-electron chi connectivity index (χ2n) is 8.45. The van der Waals surface area contributed by atoms with Crippen LogP contribution in [0.5, 0.6) is 11.5 Å². The Hall–Kier alpha value is -3.82. The summed E-state index contributed by atoms with van der Waals surface area (Å²) in [5, 5.41) is 19.2. The second kappa shape index (κ2) is 13.0. The summed E-state index contributed by atoms with van der Waals surface area (Å²) in [6.45, 7) is 5.67. The lowest BCUT2D eigenvalue weighted by atomic mass is 10.0. The van der Waals surface area contributed by atoms with Gasteiger partial charge in [-0.25, -0.2) is 4.79 Å². The van der Waals surface area contributed by atoms with E-state index < -0.39 is 29.7 Å². The molecule has 0 bridgehead atoms. The van der Waals surface area contributed by atoms with E-state index in [-0.39, 0.29) is 6.42 Å².